The molecule has 0 fully saturated rings. The van der Waals surface area contributed by atoms with Gasteiger partial charge in [-0.05, 0) is 50.3 Å². The maximum absolute atomic E-state index is 6.22. The standard InChI is InChI=1S/C19H24ClN/c1-15(12-13-17-8-4-3-5-9-17)21-16(2)14-18-10-6-7-11-19(18)20/h3-11,15-16,21H,12-14H2,1-2H3. The van der Waals surface area contributed by atoms with Crippen LogP contribution in [0.4, 0.5) is 0 Å². The van der Waals surface area contributed by atoms with Crippen molar-refractivity contribution in [3.05, 3.63) is 70.7 Å². The average molecular weight is 302 g/mol. The Hall–Kier alpha value is -1.31. The van der Waals surface area contributed by atoms with Crippen molar-refractivity contribution >= 4 is 11.6 Å². The Labute approximate surface area is 133 Å². The number of aryl methyl sites for hydroxylation is 1. The molecule has 0 bridgehead atoms. The van der Waals surface area contributed by atoms with Gasteiger partial charge >= 0.3 is 0 Å². The van der Waals surface area contributed by atoms with Gasteiger partial charge in [-0.3, -0.25) is 0 Å². The van der Waals surface area contributed by atoms with Crippen LogP contribution < -0.4 is 5.32 Å². The molecule has 1 N–H and O–H groups in total. The van der Waals surface area contributed by atoms with Crippen LogP contribution in [0.1, 0.15) is 31.4 Å². The Morgan fingerprint density at radius 3 is 2.29 bits per heavy atom. The zero-order valence-electron chi connectivity index (χ0n) is 12.9. The van der Waals surface area contributed by atoms with Crippen molar-refractivity contribution in [1.29, 1.82) is 0 Å². The fourth-order valence-electron chi connectivity index (χ4n) is 2.65. The Bertz CT molecular complexity index is 538. The van der Waals surface area contributed by atoms with Gasteiger partial charge in [0.05, 0.1) is 0 Å². The van der Waals surface area contributed by atoms with Crippen LogP contribution in [0.5, 0.6) is 0 Å². The first-order valence-corrected chi connectivity index (χ1v) is 8.06. The zero-order valence-corrected chi connectivity index (χ0v) is 13.6. The lowest BCUT2D eigenvalue weighted by Crippen LogP contribution is -2.36. The van der Waals surface area contributed by atoms with Crippen molar-refractivity contribution in [3.8, 4) is 0 Å². The second-order valence-corrected chi connectivity index (χ2v) is 6.20. The summed E-state index contributed by atoms with van der Waals surface area (Å²) in [4.78, 5) is 0. The topological polar surface area (TPSA) is 12.0 Å². The third-order valence-corrected chi connectivity index (χ3v) is 4.13. The number of hydrogen-bond acceptors (Lipinski definition) is 1. The summed E-state index contributed by atoms with van der Waals surface area (Å²) in [5.74, 6) is 0. The van der Waals surface area contributed by atoms with E-state index in [-0.39, 0.29) is 0 Å². The van der Waals surface area contributed by atoms with Crippen molar-refractivity contribution in [3.63, 3.8) is 0 Å². The van der Waals surface area contributed by atoms with Gasteiger partial charge in [0, 0.05) is 17.1 Å². The Morgan fingerprint density at radius 1 is 0.905 bits per heavy atom. The smallest absolute Gasteiger partial charge is 0.0438 e. The molecule has 112 valence electrons. The minimum atomic E-state index is 0.427. The van der Waals surface area contributed by atoms with Gasteiger partial charge in [-0.2, -0.15) is 0 Å². The Morgan fingerprint density at radius 2 is 1.57 bits per heavy atom. The van der Waals surface area contributed by atoms with Crippen molar-refractivity contribution < 1.29 is 0 Å². The highest BCUT2D eigenvalue weighted by Crippen LogP contribution is 2.17. The van der Waals surface area contributed by atoms with Gasteiger partial charge in [-0.25, -0.2) is 0 Å². The second-order valence-electron chi connectivity index (χ2n) is 5.79. The number of benzene rings is 2. The highest BCUT2D eigenvalue weighted by molar-refractivity contribution is 6.31. The SMILES string of the molecule is CC(CCc1ccccc1)NC(C)Cc1ccccc1Cl. The molecule has 21 heavy (non-hydrogen) atoms. The summed E-state index contributed by atoms with van der Waals surface area (Å²) in [7, 11) is 0. The molecule has 0 amide bonds. The predicted octanol–water partition coefficient (Wildman–Crippen LogP) is 4.88. The van der Waals surface area contributed by atoms with E-state index in [1.165, 1.54) is 11.1 Å². The summed E-state index contributed by atoms with van der Waals surface area (Å²) in [6.45, 7) is 4.48. The maximum atomic E-state index is 6.22. The van der Waals surface area contributed by atoms with Gasteiger partial charge in [0.2, 0.25) is 0 Å². The van der Waals surface area contributed by atoms with E-state index < -0.39 is 0 Å². The number of nitrogens with one attached hydrogen (secondary N) is 1. The zero-order chi connectivity index (χ0) is 15.1. The maximum Gasteiger partial charge on any atom is 0.0438 e. The molecule has 0 aliphatic rings. The van der Waals surface area contributed by atoms with Crippen LogP contribution in [0.25, 0.3) is 0 Å². The molecule has 0 saturated heterocycles. The summed E-state index contributed by atoms with van der Waals surface area (Å²) in [5, 5.41) is 4.53. The number of hydrogen-bond donors (Lipinski definition) is 1. The molecule has 2 atom stereocenters. The molecule has 2 unspecified atom stereocenters. The average Bonchev–Trinajstić information content (AvgIpc) is 2.48. The van der Waals surface area contributed by atoms with Gasteiger partial charge in [0.25, 0.3) is 0 Å². The number of rotatable bonds is 7. The molecule has 0 heterocycles. The van der Waals surface area contributed by atoms with E-state index in [0.717, 1.165) is 24.3 Å². The van der Waals surface area contributed by atoms with Crippen molar-refractivity contribution in [1.82, 2.24) is 5.32 Å². The van der Waals surface area contributed by atoms with E-state index in [9.17, 15) is 0 Å². The molecule has 0 aliphatic heterocycles. The molecule has 0 aliphatic carbocycles. The normalized spacial score (nSPS) is 13.9. The third-order valence-electron chi connectivity index (χ3n) is 3.76. The minimum Gasteiger partial charge on any atom is -0.311 e. The van der Waals surface area contributed by atoms with Crippen LogP contribution in [0, 0.1) is 0 Å². The summed E-state index contributed by atoms with van der Waals surface area (Å²) in [6.07, 6.45) is 3.24. The van der Waals surface area contributed by atoms with Crippen LogP contribution in [0.3, 0.4) is 0 Å². The van der Waals surface area contributed by atoms with Crippen molar-refractivity contribution in [2.75, 3.05) is 0 Å². The van der Waals surface area contributed by atoms with E-state index >= 15 is 0 Å². The second kappa shape index (κ2) is 8.21. The first kappa shape index (κ1) is 16.1. The molecule has 2 aromatic carbocycles. The largest absolute Gasteiger partial charge is 0.311 e. The predicted molar refractivity (Wildman–Crippen MR) is 92.0 cm³/mol. The number of halogens is 1. The lowest BCUT2D eigenvalue weighted by molar-refractivity contribution is 0.444. The highest BCUT2D eigenvalue weighted by Gasteiger charge is 2.10. The fraction of sp³-hybridized carbons (Fsp3) is 0.368. The molecule has 0 radical (unpaired) electrons. The van der Waals surface area contributed by atoms with Gasteiger partial charge < -0.3 is 5.32 Å². The molecule has 2 rings (SSSR count). The van der Waals surface area contributed by atoms with Crippen molar-refractivity contribution in [2.45, 2.75) is 45.2 Å². The molecule has 2 heteroatoms. The lowest BCUT2D eigenvalue weighted by atomic mass is 10.0. The molecule has 2 aromatic rings. The Kier molecular flexibility index (Phi) is 6.28. The Balaban J connectivity index is 1.77. The van der Waals surface area contributed by atoms with Gasteiger partial charge in [-0.1, -0.05) is 60.1 Å². The van der Waals surface area contributed by atoms with Crippen LogP contribution >= 0.6 is 11.6 Å². The van der Waals surface area contributed by atoms with Gasteiger partial charge in [0.15, 0.2) is 0 Å². The molecule has 0 aromatic heterocycles. The molecular formula is C19H24ClN. The molecule has 1 nitrogen and oxygen atoms in total. The summed E-state index contributed by atoms with van der Waals surface area (Å²) in [6, 6.07) is 19.7. The van der Waals surface area contributed by atoms with E-state index in [1.54, 1.807) is 0 Å². The lowest BCUT2D eigenvalue weighted by Gasteiger charge is -2.20. The molecule has 0 saturated carbocycles. The van der Waals surface area contributed by atoms with Crippen molar-refractivity contribution in [2.24, 2.45) is 0 Å². The van der Waals surface area contributed by atoms with Crippen LogP contribution in [0.2, 0.25) is 5.02 Å². The third kappa shape index (κ3) is 5.53. The van der Waals surface area contributed by atoms with E-state index in [1.807, 2.05) is 18.2 Å². The van der Waals surface area contributed by atoms with Gasteiger partial charge in [-0.15, -0.1) is 0 Å². The highest BCUT2D eigenvalue weighted by atomic mass is 35.5. The summed E-state index contributed by atoms with van der Waals surface area (Å²) >= 11 is 6.22. The summed E-state index contributed by atoms with van der Waals surface area (Å²) < 4.78 is 0. The first-order chi connectivity index (χ1) is 10.1. The molecule has 0 spiro atoms. The quantitative estimate of drug-likeness (QED) is 0.768. The monoisotopic (exact) mass is 301 g/mol. The van der Waals surface area contributed by atoms with Gasteiger partial charge in [0.1, 0.15) is 0 Å². The summed E-state index contributed by atoms with van der Waals surface area (Å²) in [5.41, 5.74) is 2.62. The van der Waals surface area contributed by atoms with E-state index in [2.05, 4.69) is 55.6 Å². The van der Waals surface area contributed by atoms with E-state index in [4.69, 9.17) is 11.6 Å². The molecular weight excluding hydrogens is 278 g/mol. The van der Waals surface area contributed by atoms with Crippen LogP contribution in [-0.4, -0.2) is 12.1 Å². The van der Waals surface area contributed by atoms with Crippen LogP contribution in [0.15, 0.2) is 54.6 Å². The fourth-order valence-corrected chi connectivity index (χ4v) is 2.86. The van der Waals surface area contributed by atoms with Crippen LogP contribution in [-0.2, 0) is 12.8 Å². The van der Waals surface area contributed by atoms with E-state index in [0.29, 0.717) is 12.1 Å². The first-order valence-electron chi connectivity index (χ1n) is 7.68. The minimum absolute atomic E-state index is 0.427.